The summed E-state index contributed by atoms with van der Waals surface area (Å²) in [5, 5.41) is 0. The molecule has 0 atom stereocenters. The number of hydrogen-bond donors (Lipinski definition) is 1. The summed E-state index contributed by atoms with van der Waals surface area (Å²) in [6.07, 6.45) is 6.11. The van der Waals surface area contributed by atoms with E-state index in [2.05, 4.69) is 14.9 Å². The molecule has 1 N–H and O–H groups in total. The monoisotopic (exact) mass is 378 g/mol. The average molecular weight is 378 g/mol. The van der Waals surface area contributed by atoms with Gasteiger partial charge in [0.05, 0.1) is 17.6 Å². The lowest BCUT2D eigenvalue weighted by atomic mass is 9.78. The first-order chi connectivity index (χ1) is 13.6. The maximum Gasteiger partial charge on any atom is 0.253 e. The highest BCUT2D eigenvalue weighted by molar-refractivity contribution is 5.94. The van der Waals surface area contributed by atoms with Crippen molar-refractivity contribution in [2.45, 2.75) is 44.6 Å². The van der Waals surface area contributed by atoms with E-state index in [9.17, 15) is 9.59 Å². The van der Waals surface area contributed by atoms with Crippen LogP contribution in [-0.2, 0) is 16.8 Å². The molecule has 2 aliphatic heterocycles. The van der Waals surface area contributed by atoms with Crippen molar-refractivity contribution < 1.29 is 9.59 Å². The van der Waals surface area contributed by atoms with E-state index in [1.807, 2.05) is 36.1 Å². The summed E-state index contributed by atoms with van der Waals surface area (Å²) in [5.74, 6) is 0.560. The van der Waals surface area contributed by atoms with E-state index in [1.54, 1.807) is 6.33 Å². The molecular formula is C22H26N4O2. The van der Waals surface area contributed by atoms with Gasteiger partial charge in [-0.2, -0.15) is 0 Å². The molecule has 0 unspecified atom stereocenters. The lowest BCUT2D eigenvalue weighted by Crippen LogP contribution is -2.59. The van der Waals surface area contributed by atoms with Gasteiger partial charge < -0.3 is 14.8 Å². The molecule has 146 valence electrons. The van der Waals surface area contributed by atoms with Crippen molar-refractivity contribution in [1.29, 1.82) is 0 Å². The number of fused-ring (bicyclic) bond motifs is 2. The first-order valence-corrected chi connectivity index (χ1v) is 10.3. The number of H-pyrrole nitrogens is 1. The van der Waals surface area contributed by atoms with E-state index in [4.69, 9.17) is 0 Å². The minimum Gasteiger partial charge on any atom is -0.348 e. The quantitative estimate of drug-likeness (QED) is 0.873. The number of aromatic nitrogens is 2. The number of hydrogen-bond acceptors (Lipinski definition) is 3. The Balaban J connectivity index is 1.40. The third-order valence-electron chi connectivity index (χ3n) is 6.63. The van der Waals surface area contributed by atoms with E-state index < -0.39 is 0 Å². The molecule has 6 heteroatoms. The zero-order chi connectivity index (χ0) is 19.3. The first-order valence-electron chi connectivity index (χ1n) is 10.3. The predicted molar refractivity (Wildman–Crippen MR) is 105 cm³/mol. The van der Waals surface area contributed by atoms with Gasteiger partial charge in [-0.05, 0) is 44.7 Å². The van der Waals surface area contributed by atoms with Crippen LogP contribution in [0.3, 0.4) is 0 Å². The number of aryl methyl sites for hydroxylation is 1. The predicted octanol–water partition coefficient (Wildman–Crippen LogP) is 2.64. The van der Waals surface area contributed by atoms with Crippen LogP contribution in [0.1, 0.15) is 53.0 Å². The van der Waals surface area contributed by atoms with E-state index in [0.717, 1.165) is 61.2 Å². The summed E-state index contributed by atoms with van der Waals surface area (Å²) in [5.41, 5.74) is 3.69. The van der Waals surface area contributed by atoms with Crippen molar-refractivity contribution in [1.82, 2.24) is 19.8 Å². The molecule has 0 bridgehead atoms. The van der Waals surface area contributed by atoms with Crippen molar-refractivity contribution in [2.24, 2.45) is 5.92 Å². The molecule has 5 rings (SSSR count). The minimum atomic E-state index is -0.364. The molecule has 1 aromatic heterocycles. The number of nitrogens with one attached hydrogen (secondary N) is 1. The normalized spacial score (nSPS) is 20.9. The molecule has 1 spiro atoms. The molecule has 1 aromatic carbocycles. The molecule has 2 amide bonds. The Kier molecular flexibility index (Phi) is 4.03. The number of carbonyl (C=O) groups is 2. The maximum atomic E-state index is 13.0. The number of likely N-dealkylation sites (tertiary alicyclic amines) is 1. The summed E-state index contributed by atoms with van der Waals surface area (Å²) in [7, 11) is 0. The van der Waals surface area contributed by atoms with Crippen LogP contribution in [0.5, 0.6) is 0 Å². The maximum absolute atomic E-state index is 13.0. The number of nitrogens with zero attached hydrogens (tertiary/aromatic N) is 3. The SMILES string of the molecule is Cc1ccc(C(=O)N2CCC3(CC2)c2nc[nH]c2CCN3C(=O)C2CC2)cc1. The zero-order valence-corrected chi connectivity index (χ0v) is 16.3. The number of imidazole rings is 1. The van der Waals surface area contributed by atoms with Gasteiger partial charge in [-0.1, -0.05) is 17.7 Å². The van der Waals surface area contributed by atoms with Gasteiger partial charge in [0.15, 0.2) is 0 Å². The Labute approximate surface area is 164 Å². The molecule has 3 aliphatic rings. The van der Waals surface area contributed by atoms with Gasteiger partial charge in [0.25, 0.3) is 5.91 Å². The number of carbonyl (C=O) groups excluding carboxylic acids is 2. The molecule has 0 radical (unpaired) electrons. The van der Waals surface area contributed by atoms with Crippen LogP contribution in [0.25, 0.3) is 0 Å². The van der Waals surface area contributed by atoms with Gasteiger partial charge in [0.2, 0.25) is 5.91 Å². The van der Waals surface area contributed by atoms with Crippen LogP contribution in [0.15, 0.2) is 30.6 Å². The number of piperidine rings is 1. The molecule has 1 saturated carbocycles. The van der Waals surface area contributed by atoms with E-state index >= 15 is 0 Å². The summed E-state index contributed by atoms with van der Waals surface area (Å²) < 4.78 is 0. The number of amides is 2. The van der Waals surface area contributed by atoms with Crippen molar-refractivity contribution in [3.8, 4) is 0 Å². The van der Waals surface area contributed by atoms with Gasteiger partial charge in [-0.3, -0.25) is 9.59 Å². The molecular weight excluding hydrogens is 352 g/mol. The Hall–Kier alpha value is -2.63. The molecule has 3 heterocycles. The second-order valence-corrected chi connectivity index (χ2v) is 8.43. The highest BCUT2D eigenvalue weighted by Gasteiger charge is 2.51. The second kappa shape index (κ2) is 6.47. The van der Waals surface area contributed by atoms with Crippen LogP contribution in [0.2, 0.25) is 0 Å². The molecule has 2 aromatic rings. The standard InChI is InChI=1S/C22H26N4O2/c1-15-2-4-16(5-3-15)20(27)25-12-9-22(10-13-25)19-18(23-14-24-19)8-11-26(22)21(28)17-6-7-17/h2-5,14,17H,6-13H2,1H3,(H,23,24). The van der Waals surface area contributed by atoms with Crippen LogP contribution < -0.4 is 0 Å². The van der Waals surface area contributed by atoms with Crippen molar-refractivity contribution in [3.05, 3.63) is 53.1 Å². The molecule has 1 saturated heterocycles. The lowest BCUT2D eigenvalue weighted by Gasteiger charge is -2.50. The fraction of sp³-hybridized carbons (Fsp3) is 0.500. The van der Waals surface area contributed by atoms with Crippen LogP contribution in [0, 0.1) is 12.8 Å². The van der Waals surface area contributed by atoms with Crippen molar-refractivity contribution >= 4 is 11.8 Å². The van der Waals surface area contributed by atoms with Gasteiger partial charge in [0, 0.05) is 43.2 Å². The lowest BCUT2D eigenvalue weighted by molar-refractivity contribution is -0.143. The fourth-order valence-electron chi connectivity index (χ4n) is 4.82. The van der Waals surface area contributed by atoms with Gasteiger partial charge in [-0.25, -0.2) is 4.98 Å². The van der Waals surface area contributed by atoms with E-state index in [-0.39, 0.29) is 23.3 Å². The molecule has 28 heavy (non-hydrogen) atoms. The topological polar surface area (TPSA) is 69.3 Å². The Morgan fingerprint density at radius 1 is 1.11 bits per heavy atom. The summed E-state index contributed by atoms with van der Waals surface area (Å²) in [6, 6.07) is 7.76. The Morgan fingerprint density at radius 3 is 2.50 bits per heavy atom. The number of rotatable bonds is 2. The smallest absolute Gasteiger partial charge is 0.253 e. The minimum absolute atomic E-state index is 0.0768. The zero-order valence-electron chi connectivity index (χ0n) is 16.3. The third-order valence-corrected chi connectivity index (χ3v) is 6.63. The highest BCUT2D eigenvalue weighted by atomic mass is 16.2. The molecule has 6 nitrogen and oxygen atoms in total. The Bertz CT molecular complexity index is 905. The number of benzene rings is 1. The van der Waals surface area contributed by atoms with Gasteiger partial charge >= 0.3 is 0 Å². The van der Waals surface area contributed by atoms with Crippen LogP contribution in [0.4, 0.5) is 0 Å². The largest absolute Gasteiger partial charge is 0.348 e. The molecule has 2 fully saturated rings. The van der Waals surface area contributed by atoms with Crippen molar-refractivity contribution in [3.63, 3.8) is 0 Å². The van der Waals surface area contributed by atoms with E-state index in [0.29, 0.717) is 13.1 Å². The average Bonchev–Trinajstić information content (AvgIpc) is 3.45. The van der Waals surface area contributed by atoms with Crippen LogP contribution >= 0.6 is 0 Å². The first kappa shape index (κ1) is 17.5. The van der Waals surface area contributed by atoms with Gasteiger partial charge in [0.1, 0.15) is 0 Å². The van der Waals surface area contributed by atoms with E-state index in [1.165, 1.54) is 0 Å². The van der Waals surface area contributed by atoms with Crippen LogP contribution in [-0.4, -0.2) is 51.2 Å². The van der Waals surface area contributed by atoms with Gasteiger partial charge in [-0.15, -0.1) is 0 Å². The highest BCUT2D eigenvalue weighted by Crippen LogP contribution is 2.45. The molecule has 1 aliphatic carbocycles. The summed E-state index contributed by atoms with van der Waals surface area (Å²) >= 11 is 0. The van der Waals surface area contributed by atoms with Crippen molar-refractivity contribution in [2.75, 3.05) is 19.6 Å². The Morgan fingerprint density at radius 2 is 1.82 bits per heavy atom. The fourth-order valence-corrected chi connectivity index (χ4v) is 4.82. The summed E-state index contributed by atoms with van der Waals surface area (Å²) in [6.45, 7) is 4.06. The third kappa shape index (κ3) is 2.74. The summed E-state index contributed by atoms with van der Waals surface area (Å²) in [4.78, 5) is 37.9. The number of aromatic amines is 1. The second-order valence-electron chi connectivity index (χ2n) is 8.43.